The van der Waals surface area contributed by atoms with Crippen LogP contribution < -0.4 is 20.7 Å². The van der Waals surface area contributed by atoms with Crippen LogP contribution in [0.4, 0.5) is 4.79 Å². The van der Waals surface area contributed by atoms with Crippen molar-refractivity contribution in [3.63, 3.8) is 0 Å². The topological polar surface area (TPSA) is 79.5 Å². The Hall–Kier alpha value is -2.24. The number of carbonyl (C=O) groups is 2. The molecule has 0 radical (unpaired) electrons. The van der Waals surface area contributed by atoms with E-state index in [1.807, 2.05) is 24.3 Å². The molecule has 1 atom stereocenters. The molecule has 0 spiro atoms. The fourth-order valence-electron chi connectivity index (χ4n) is 3.53. The van der Waals surface area contributed by atoms with Gasteiger partial charge in [-0.05, 0) is 18.9 Å². The number of hydrogen-bond donors (Lipinski definition) is 3. The number of hydrogen-bond acceptors (Lipinski definition) is 3. The second-order valence-electron chi connectivity index (χ2n) is 6.78. The van der Waals surface area contributed by atoms with Crippen molar-refractivity contribution in [2.45, 2.75) is 57.0 Å². The zero-order valence-electron chi connectivity index (χ0n) is 14.6. The number of ether oxygens (including phenoxy) is 1. The third-order valence-corrected chi connectivity index (χ3v) is 4.87. The summed E-state index contributed by atoms with van der Waals surface area (Å²) in [6.07, 6.45) is 6.76. The van der Waals surface area contributed by atoms with Gasteiger partial charge in [0, 0.05) is 31.0 Å². The molecule has 3 amide bonds. The summed E-state index contributed by atoms with van der Waals surface area (Å²) < 4.78 is 5.60. The summed E-state index contributed by atoms with van der Waals surface area (Å²) in [6.45, 7) is 0.944. The van der Waals surface area contributed by atoms with Gasteiger partial charge in [-0.3, -0.25) is 4.79 Å². The number of benzene rings is 1. The monoisotopic (exact) mass is 345 g/mol. The highest BCUT2D eigenvalue weighted by molar-refractivity contribution is 5.78. The van der Waals surface area contributed by atoms with E-state index in [9.17, 15) is 9.59 Å². The van der Waals surface area contributed by atoms with Gasteiger partial charge in [0.05, 0.1) is 12.6 Å². The molecule has 0 saturated heterocycles. The smallest absolute Gasteiger partial charge is 0.315 e. The highest BCUT2D eigenvalue weighted by Gasteiger charge is 2.22. The van der Waals surface area contributed by atoms with E-state index in [4.69, 9.17) is 4.74 Å². The van der Waals surface area contributed by atoms with Crippen LogP contribution in [0.25, 0.3) is 0 Å². The van der Waals surface area contributed by atoms with E-state index in [2.05, 4.69) is 16.0 Å². The average Bonchev–Trinajstić information content (AvgIpc) is 2.63. The van der Waals surface area contributed by atoms with Crippen molar-refractivity contribution in [1.29, 1.82) is 0 Å². The van der Waals surface area contributed by atoms with Crippen LogP contribution in [0.1, 0.15) is 56.6 Å². The van der Waals surface area contributed by atoms with Gasteiger partial charge in [-0.1, -0.05) is 37.5 Å². The zero-order valence-corrected chi connectivity index (χ0v) is 14.6. The van der Waals surface area contributed by atoms with Crippen molar-refractivity contribution >= 4 is 11.9 Å². The number of rotatable bonds is 5. The van der Waals surface area contributed by atoms with E-state index >= 15 is 0 Å². The molecule has 6 nitrogen and oxygen atoms in total. The molecule has 25 heavy (non-hydrogen) atoms. The van der Waals surface area contributed by atoms with Crippen LogP contribution in [0.15, 0.2) is 24.3 Å². The third kappa shape index (κ3) is 5.11. The third-order valence-electron chi connectivity index (χ3n) is 4.87. The summed E-state index contributed by atoms with van der Waals surface area (Å²) >= 11 is 0. The van der Waals surface area contributed by atoms with Crippen molar-refractivity contribution < 1.29 is 14.3 Å². The van der Waals surface area contributed by atoms with E-state index < -0.39 is 0 Å². The molecule has 1 fully saturated rings. The van der Waals surface area contributed by atoms with E-state index in [0.29, 0.717) is 13.2 Å². The van der Waals surface area contributed by atoms with Crippen LogP contribution in [0.2, 0.25) is 0 Å². The molecule has 3 N–H and O–H groups in total. The quantitative estimate of drug-likeness (QED) is 0.767. The number of nitrogens with one attached hydrogen (secondary N) is 3. The first-order valence-electron chi connectivity index (χ1n) is 9.28. The maximum Gasteiger partial charge on any atom is 0.315 e. The van der Waals surface area contributed by atoms with Gasteiger partial charge in [0.1, 0.15) is 5.75 Å². The van der Waals surface area contributed by atoms with Crippen LogP contribution in [0.5, 0.6) is 5.75 Å². The molecule has 0 unspecified atom stereocenters. The van der Waals surface area contributed by atoms with Crippen LogP contribution in [0.3, 0.4) is 0 Å². The minimum atomic E-state index is -0.170. The summed E-state index contributed by atoms with van der Waals surface area (Å²) in [7, 11) is 0. The number of para-hydroxylation sites is 1. The predicted molar refractivity (Wildman–Crippen MR) is 95.5 cm³/mol. The van der Waals surface area contributed by atoms with Gasteiger partial charge in [0.2, 0.25) is 5.91 Å². The maximum absolute atomic E-state index is 12.2. The number of urea groups is 1. The summed E-state index contributed by atoms with van der Waals surface area (Å²) in [4.78, 5) is 24.0. The van der Waals surface area contributed by atoms with Crippen LogP contribution >= 0.6 is 0 Å². The largest absolute Gasteiger partial charge is 0.493 e. The molecule has 136 valence electrons. The van der Waals surface area contributed by atoms with Crippen molar-refractivity contribution in [2.75, 3.05) is 13.2 Å². The minimum absolute atomic E-state index is 0.0199. The van der Waals surface area contributed by atoms with Crippen molar-refractivity contribution in [3.8, 4) is 5.75 Å². The standard InChI is InChI=1S/C19H27N3O3/c23-18(10-12-20-19(24)21-14-6-2-1-3-7-14)22-16-11-13-25-17-9-5-4-8-15(16)17/h4-5,8-9,14,16H,1-3,6-7,10-13H2,(H,22,23)(H2,20,21,24)/t16-/m0/s1. The van der Waals surface area contributed by atoms with E-state index in [1.165, 1.54) is 19.3 Å². The molecule has 1 aromatic rings. The summed E-state index contributed by atoms with van der Waals surface area (Å²) in [5, 5.41) is 8.81. The molecule has 3 rings (SSSR count). The van der Waals surface area contributed by atoms with E-state index in [0.717, 1.165) is 30.6 Å². The van der Waals surface area contributed by atoms with Crippen molar-refractivity contribution in [1.82, 2.24) is 16.0 Å². The average molecular weight is 345 g/mol. The van der Waals surface area contributed by atoms with Gasteiger partial charge in [-0.2, -0.15) is 0 Å². The van der Waals surface area contributed by atoms with Gasteiger partial charge >= 0.3 is 6.03 Å². The van der Waals surface area contributed by atoms with Gasteiger partial charge in [-0.15, -0.1) is 0 Å². The zero-order chi connectivity index (χ0) is 17.5. The Morgan fingerprint density at radius 2 is 1.84 bits per heavy atom. The van der Waals surface area contributed by atoms with Gasteiger partial charge < -0.3 is 20.7 Å². The Labute approximate surface area is 148 Å². The first kappa shape index (κ1) is 17.6. The first-order valence-corrected chi connectivity index (χ1v) is 9.28. The molecule has 0 bridgehead atoms. The summed E-state index contributed by atoms with van der Waals surface area (Å²) in [6, 6.07) is 7.87. The Kier molecular flexibility index (Phi) is 6.14. The summed E-state index contributed by atoms with van der Waals surface area (Å²) in [5.41, 5.74) is 1.02. The molecule has 0 aromatic heterocycles. The lowest BCUT2D eigenvalue weighted by atomic mass is 9.96. The number of amides is 3. The molecular weight excluding hydrogens is 318 g/mol. The molecule has 6 heteroatoms. The van der Waals surface area contributed by atoms with Crippen molar-refractivity contribution in [3.05, 3.63) is 29.8 Å². The Morgan fingerprint density at radius 1 is 1.04 bits per heavy atom. The summed E-state index contributed by atoms with van der Waals surface area (Å²) in [5.74, 6) is 0.781. The lowest BCUT2D eigenvalue weighted by Crippen LogP contribution is -2.44. The van der Waals surface area contributed by atoms with E-state index in [1.54, 1.807) is 0 Å². The van der Waals surface area contributed by atoms with Crippen LogP contribution in [-0.4, -0.2) is 31.1 Å². The second kappa shape index (κ2) is 8.74. The fraction of sp³-hybridized carbons (Fsp3) is 0.579. The Bertz CT molecular complexity index is 599. The molecule has 1 aliphatic heterocycles. The molecule has 1 saturated carbocycles. The molecule has 1 heterocycles. The SMILES string of the molecule is O=C(CCNC(=O)NC1CCCCC1)N[C@H]1CCOc2ccccc21. The maximum atomic E-state index is 12.2. The molecule has 1 aromatic carbocycles. The normalized spacial score (nSPS) is 20.1. The lowest BCUT2D eigenvalue weighted by molar-refractivity contribution is -0.121. The molecular formula is C19H27N3O3. The Morgan fingerprint density at radius 3 is 2.68 bits per heavy atom. The first-order chi connectivity index (χ1) is 12.2. The van der Waals surface area contributed by atoms with Crippen LogP contribution in [0, 0.1) is 0 Å². The van der Waals surface area contributed by atoms with Gasteiger partial charge in [0.15, 0.2) is 0 Å². The van der Waals surface area contributed by atoms with Gasteiger partial charge in [-0.25, -0.2) is 4.79 Å². The Balaban J connectivity index is 1.38. The molecule has 2 aliphatic rings. The highest BCUT2D eigenvalue weighted by Crippen LogP contribution is 2.31. The number of fused-ring (bicyclic) bond motifs is 1. The van der Waals surface area contributed by atoms with Gasteiger partial charge in [0.25, 0.3) is 0 Å². The highest BCUT2D eigenvalue weighted by atomic mass is 16.5. The predicted octanol–water partition coefficient (Wildman–Crippen LogP) is 2.65. The van der Waals surface area contributed by atoms with E-state index in [-0.39, 0.29) is 30.4 Å². The molecule has 1 aliphatic carbocycles. The van der Waals surface area contributed by atoms with Crippen LogP contribution in [-0.2, 0) is 4.79 Å². The fourth-order valence-corrected chi connectivity index (χ4v) is 3.53. The minimum Gasteiger partial charge on any atom is -0.493 e. The lowest BCUT2D eigenvalue weighted by Gasteiger charge is -2.26. The second-order valence-corrected chi connectivity index (χ2v) is 6.78. The number of carbonyl (C=O) groups excluding carboxylic acids is 2. The van der Waals surface area contributed by atoms with Crippen molar-refractivity contribution in [2.24, 2.45) is 0 Å².